The number of fused-ring (bicyclic) bond motifs is 5. The van der Waals surface area contributed by atoms with E-state index in [0.717, 1.165) is 49.4 Å². The smallest absolute Gasteiger partial charge is 0.164 e. The zero-order chi connectivity index (χ0) is 29.7. The monoisotopic (exact) mass is 575 g/mol. The van der Waals surface area contributed by atoms with E-state index in [2.05, 4.69) is 78.9 Å². The predicted octanol–water partition coefficient (Wildman–Crippen LogP) is 10.7. The summed E-state index contributed by atoms with van der Waals surface area (Å²) in [5.74, 6) is 1.88. The van der Waals surface area contributed by atoms with Gasteiger partial charge in [0.25, 0.3) is 0 Å². The lowest BCUT2D eigenvalue weighted by Gasteiger charge is -2.09. The Kier molecular flexibility index (Phi) is 5.78. The van der Waals surface area contributed by atoms with Gasteiger partial charge in [-0.25, -0.2) is 15.0 Å². The van der Waals surface area contributed by atoms with E-state index in [1.807, 2.05) is 72.8 Å². The van der Waals surface area contributed by atoms with Gasteiger partial charge in [0.2, 0.25) is 0 Å². The molecule has 9 aromatic rings. The van der Waals surface area contributed by atoms with Crippen LogP contribution in [0.25, 0.3) is 88.8 Å². The highest BCUT2D eigenvalue weighted by molar-refractivity contribution is 6.15. The Bertz CT molecular complexity index is 2480. The minimum absolute atomic E-state index is 0.612. The molecule has 0 bridgehead atoms. The van der Waals surface area contributed by atoms with Gasteiger partial charge < -0.3 is 4.42 Å². The van der Waals surface area contributed by atoms with Crippen molar-refractivity contribution in [2.75, 3.05) is 0 Å². The summed E-state index contributed by atoms with van der Waals surface area (Å²) in [5.41, 5.74) is 6.80. The average Bonchev–Trinajstić information content (AvgIpc) is 3.48. The lowest BCUT2D eigenvalue weighted by molar-refractivity contribution is 0.669. The quantitative estimate of drug-likeness (QED) is 0.209. The number of nitrogens with zero attached hydrogens (tertiary/aromatic N) is 3. The van der Waals surface area contributed by atoms with E-state index in [4.69, 9.17) is 19.4 Å². The third kappa shape index (κ3) is 4.43. The van der Waals surface area contributed by atoms with Crippen LogP contribution in [0.1, 0.15) is 0 Å². The van der Waals surface area contributed by atoms with Crippen LogP contribution in [0.3, 0.4) is 0 Å². The van der Waals surface area contributed by atoms with Crippen molar-refractivity contribution in [2.45, 2.75) is 0 Å². The third-order valence-corrected chi connectivity index (χ3v) is 8.48. The first kappa shape index (κ1) is 25.4. The maximum Gasteiger partial charge on any atom is 0.164 e. The highest BCUT2D eigenvalue weighted by Crippen LogP contribution is 2.39. The Labute approximate surface area is 259 Å². The van der Waals surface area contributed by atoms with Crippen LogP contribution in [0.5, 0.6) is 0 Å². The van der Waals surface area contributed by atoms with Crippen LogP contribution in [-0.4, -0.2) is 15.0 Å². The van der Waals surface area contributed by atoms with E-state index in [-0.39, 0.29) is 0 Å². The van der Waals surface area contributed by atoms with Crippen LogP contribution in [0.2, 0.25) is 0 Å². The molecule has 0 radical (unpaired) electrons. The summed E-state index contributed by atoms with van der Waals surface area (Å²) in [4.78, 5) is 14.9. The highest BCUT2D eigenvalue weighted by Gasteiger charge is 2.18. The van der Waals surface area contributed by atoms with Gasteiger partial charge in [0, 0.05) is 27.5 Å². The van der Waals surface area contributed by atoms with Crippen LogP contribution in [0.15, 0.2) is 156 Å². The second kappa shape index (κ2) is 10.2. The number of hydrogen-bond donors (Lipinski definition) is 0. The fraction of sp³-hybridized carbons (Fsp3) is 0. The first-order valence-corrected chi connectivity index (χ1v) is 15.0. The van der Waals surface area contributed by atoms with E-state index >= 15 is 0 Å². The number of aromatic nitrogens is 3. The van der Waals surface area contributed by atoms with Gasteiger partial charge >= 0.3 is 0 Å². The molecule has 0 unspecified atom stereocenters. The molecular formula is C41H25N3O. The molecule has 4 heteroatoms. The number of furan rings is 1. The van der Waals surface area contributed by atoms with Crippen molar-refractivity contribution >= 4 is 43.5 Å². The molecule has 0 N–H and O–H groups in total. The minimum atomic E-state index is 0.612. The van der Waals surface area contributed by atoms with Crippen molar-refractivity contribution in [1.29, 1.82) is 0 Å². The summed E-state index contributed by atoms with van der Waals surface area (Å²) < 4.78 is 6.44. The van der Waals surface area contributed by atoms with Crippen molar-refractivity contribution in [3.63, 3.8) is 0 Å². The Morgan fingerprint density at radius 2 is 0.933 bits per heavy atom. The SMILES string of the molecule is c1ccc(-c2nc(-c3ccccc3)nc(-c3cccc4oc5cc6ccc(-c7ccc8ccccc8c7)cc6cc5c34)n2)cc1. The average molecular weight is 576 g/mol. The highest BCUT2D eigenvalue weighted by atomic mass is 16.3. The number of benzene rings is 7. The summed E-state index contributed by atoms with van der Waals surface area (Å²) in [7, 11) is 0. The van der Waals surface area contributed by atoms with Gasteiger partial charge in [-0.05, 0) is 63.0 Å². The Morgan fingerprint density at radius 3 is 1.64 bits per heavy atom. The second-order valence-corrected chi connectivity index (χ2v) is 11.3. The summed E-state index contributed by atoms with van der Waals surface area (Å²) in [6.45, 7) is 0. The molecule has 210 valence electrons. The van der Waals surface area contributed by atoms with Gasteiger partial charge in [0.1, 0.15) is 11.2 Å². The molecule has 0 aliphatic heterocycles. The molecule has 9 rings (SSSR count). The van der Waals surface area contributed by atoms with E-state index in [1.54, 1.807) is 0 Å². The normalized spacial score (nSPS) is 11.6. The lowest BCUT2D eigenvalue weighted by atomic mass is 9.97. The van der Waals surface area contributed by atoms with Crippen LogP contribution < -0.4 is 0 Å². The Morgan fingerprint density at radius 1 is 0.356 bits per heavy atom. The molecule has 0 saturated carbocycles. The Balaban J connectivity index is 1.25. The fourth-order valence-electron chi connectivity index (χ4n) is 6.23. The number of rotatable bonds is 4. The van der Waals surface area contributed by atoms with Gasteiger partial charge in [0.15, 0.2) is 17.5 Å². The van der Waals surface area contributed by atoms with Crippen molar-refractivity contribution < 1.29 is 4.42 Å². The van der Waals surface area contributed by atoms with Crippen molar-refractivity contribution in [2.24, 2.45) is 0 Å². The first-order valence-electron chi connectivity index (χ1n) is 15.0. The van der Waals surface area contributed by atoms with Crippen molar-refractivity contribution in [3.8, 4) is 45.3 Å². The summed E-state index contributed by atoms with van der Waals surface area (Å²) in [5, 5.41) is 6.78. The van der Waals surface area contributed by atoms with Crippen LogP contribution >= 0.6 is 0 Å². The third-order valence-electron chi connectivity index (χ3n) is 8.48. The standard InChI is InChI=1S/C41H25N3O/c1-3-11-27(12-4-1)39-42-40(28-13-5-2-6-14-28)44-41(43-39)34-16-9-17-36-38(34)35-24-33-23-31(20-21-32(33)25-37(35)45-36)30-19-18-26-10-7-8-15-29(26)22-30/h1-25H. The molecule has 45 heavy (non-hydrogen) atoms. The van der Waals surface area contributed by atoms with E-state index < -0.39 is 0 Å². The van der Waals surface area contributed by atoms with Crippen LogP contribution in [-0.2, 0) is 0 Å². The second-order valence-electron chi connectivity index (χ2n) is 11.3. The van der Waals surface area contributed by atoms with Crippen molar-refractivity contribution in [1.82, 2.24) is 15.0 Å². The van der Waals surface area contributed by atoms with Gasteiger partial charge in [-0.2, -0.15) is 0 Å². The van der Waals surface area contributed by atoms with Gasteiger partial charge in [-0.3, -0.25) is 0 Å². The molecule has 4 nitrogen and oxygen atoms in total. The molecule has 0 amide bonds. The molecule has 0 saturated heterocycles. The van der Waals surface area contributed by atoms with E-state index in [1.165, 1.54) is 21.9 Å². The molecule has 0 atom stereocenters. The summed E-state index contributed by atoms with van der Waals surface area (Å²) in [6.07, 6.45) is 0. The van der Waals surface area contributed by atoms with E-state index in [0.29, 0.717) is 17.5 Å². The molecule has 0 spiro atoms. The largest absolute Gasteiger partial charge is 0.456 e. The lowest BCUT2D eigenvalue weighted by Crippen LogP contribution is -2.00. The molecule has 2 heterocycles. The fourth-order valence-corrected chi connectivity index (χ4v) is 6.23. The van der Waals surface area contributed by atoms with Crippen molar-refractivity contribution in [3.05, 3.63) is 152 Å². The first-order chi connectivity index (χ1) is 22.3. The summed E-state index contributed by atoms with van der Waals surface area (Å²) in [6, 6.07) is 52.3. The Hall–Kier alpha value is -6.13. The van der Waals surface area contributed by atoms with E-state index in [9.17, 15) is 0 Å². The zero-order valence-corrected chi connectivity index (χ0v) is 24.2. The van der Waals surface area contributed by atoms with Gasteiger partial charge in [-0.1, -0.05) is 121 Å². The molecule has 0 fully saturated rings. The summed E-state index contributed by atoms with van der Waals surface area (Å²) >= 11 is 0. The maximum atomic E-state index is 6.44. The molecule has 7 aromatic carbocycles. The molecule has 0 aliphatic rings. The maximum absolute atomic E-state index is 6.44. The van der Waals surface area contributed by atoms with Gasteiger partial charge in [0.05, 0.1) is 0 Å². The van der Waals surface area contributed by atoms with Crippen LogP contribution in [0, 0.1) is 0 Å². The molecule has 2 aromatic heterocycles. The molecule has 0 aliphatic carbocycles. The molecular weight excluding hydrogens is 550 g/mol. The van der Waals surface area contributed by atoms with Crippen LogP contribution in [0.4, 0.5) is 0 Å². The minimum Gasteiger partial charge on any atom is -0.456 e. The topological polar surface area (TPSA) is 51.8 Å². The van der Waals surface area contributed by atoms with Gasteiger partial charge in [-0.15, -0.1) is 0 Å². The zero-order valence-electron chi connectivity index (χ0n) is 24.2. The number of hydrogen-bond acceptors (Lipinski definition) is 4. The predicted molar refractivity (Wildman–Crippen MR) is 184 cm³/mol.